The van der Waals surface area contributed by atoms with Gasteiger partial charge in [0.05, 0.1) is 17.3 Å². The Labute approximate surface area is 230 Å². The van der Waals surface area contributed by atoms with E-state index in [1.165, 1.54) is 0 Å². The second-order valence-electron chi connectivity index (χ2n) is 9.92. The molecule has 0 saturated carbocycles. The molecule has 1 aromatic heterocycles. The van der Waals surface area contributed by atoms with Gasteiger partial charge in [-0.25, -0.2) is 4.98 Å². The first-order valence-corrected chi connectivity index (χ1v) is 11.9. The lowest BCUT2D eigenvalue weighted by Gasteiger charge is -2.39. The maximum atomic E-state index is 13.6. The number of likely N-dealkylation sites (N-methyl/N-ethyl adjacent to an activating group) is 1. The van der Waals surface area contributed by atoms with Gasteiger partial charge in [0.15, 0.2) is 0 Å². The predicted octanol–water partition coefficient (Wildman–Crippen LogP) is 3.75. The Balaban J connectivity index is 0.00000228. The number of fused-ring (bicyclic) bond motifs is 1. The number of carbonyl (C=O) groups excluding carboxylic acids is 2. The fourth-order valence-corrected chi connectivity index (χ4v) is 4.79. The van der Waals surface area contributed by atoms with Crippen LogP contribution in [0.5, 0.6) is 11.6 Å². The summed E-state index contributed by atoms with van der Waals surface area (Å²) >= 11 is 6.24. The number of hydrogen-bond donors (Lipinski definition) is 1. The van der Waals surface area contributed by atoms with Crippen LogP contribution in [0.25, 0.3) is 0 Å². The van der Waals surface area contributed by atoms with Gasteiger partial charge in [-0.05, 0) is 19.1 Å². The van der Waals surface area contributed by atoms with Gasteiger partial charge in [0.25, 0.3) is 0 Å². The summed E-state index contributed by atoms with van der Waals surface area (Å²) in [5, 5.41) is 3.84. The first kappa shape index (κ1) is 30.1. The van der Waals surface area contributed by atoms with Gasteiger partial charge in [-0.3, -0.25) is 14.5 Å². The van der Waals surface area contributed by atoms with Crippen LogP contribution >= 0.6 is 36.4 Å². The van der Waals surface area contributed by atoms with Crippen molar-refractivity contribution in [1.82, 2.24) is 20.1 Å². The largest absolute Gasteiger partial charge is 0.437 e. The molecule has 1 N–H and O–H groups in total. The highest BCUT2D eigenvalue weighted by molar-refractivity contribution is 6.32. The Bertz CT molecular complexity index is 1100. The minimum Gasteiger partial charge on any atom is -0.437 e. The van der Waals surface area contributed by atoms with Crippen LogP contribution in [-0.4, -0.2) is 79.0 Å². The molecule has 0 spiro atoms. The Morgan fingerprint density at radius 1 is 1.25 bits per heavy atom. The summed E-state index contributed by atoms with van der Waals surface area (Å²) in [6, 6.07) is 8.82. The van der Waals surface area contributed by atoms with Crippen LogP contribution in [0, 0.1) is 0 Å². The molecule has 1 fully saturated rings. The van der Waals surface area contributed by atoms with Crippen molar-refractivity contribution in [2.45, 2.75) is 38.3 Å². The molecule has 2 atom stereocenters. The third kappa shape index (κ3) is 6.23. The number of aromatic nitrogens is 1. The molecule has 0 unspecified atom stereocenters. The number of anilines is 1. The number of amides is 2. The van der Waals surface area contributed by atoms with E-state index < -0.39 is 0 Å². The summed E-state index contributed by atoms with van der Waals surface area (Å²) in [4.78, 5) is 36.2. The van der Waals surface area contributed by atoms with Gasteiger partial charge in [-0.15, -0.1) is 24.8 Å². The Morgan fingerprint density at radius 2 is 1.94 bits per heavy atom. The SMILES string of the molecule is C[C@@H]1CN(CC(=O)N2CC(C)(C)c3cnc(Oc4ccccc4Cl)cc32)[C@@H](C(=O)N(C)C)CN1.Cl.Cl. The molecular weight excluding hydrogens is 525 g/mol. The number of nitrogens with one attached hydrogen (secondary N) is 1. The van der Waals surface area contributed by atoms with Gasteiger partial charge in [0.2, 0.25) is 17.7 Å². The van der Waals surface area contributed by atoms with Crippen LogP contribution < -0.4 is 15.0 Å². The van der Waals surface area contributed by atoms with Crippen molar-refractivity contribution in [1.29, 1.82) is 0 Å². The molecule has 2 aliphatic heterocycles. The van der Waals surface area contributed by atoms with Gasteiger partial charge in [-0.2, -0.15) is 0 Å². The number of para-hydroxylation sites is 1. The molecule has 0 radical (unpaired) electrons. The number of rotatable bonds is 5. The molecule has 2 amide bonds. The highest BCUT2D eigenvalue weighted by atomic mass is 35.5. The zero-order valence-electron chi connectivity index (χ0n) is 21.2. The van der Waals surface area contributed by atoms with Crippen molar-refractivity contribution in [3.63, 3.8) is 0 Å². The topological polar surface area (TPSA) is 78.0 Å². The average Bonchev–Trinajstić information content (AvgIpc) is 3.05. The minimum atomic E-state index is -0.373. The molecule has 1 saturated heterocycles. The van der Waals surface area contributed by atoms with Gasteiger partial charge in [0.1, 0.15) is 11.8 Å². The van der Waals surface area contributed by atoms with E-state index in [4.69, 9.17) is 16.3 Å². The number of nitrogens with zero attached hydrogens (tertiary/aromatic N) is 4. The van der Waals surface area contributed by atoms with E-state index in [0.29, 0.717) is 36.3 Å². The zero-order valence-corrected chi connectivity index (χ0v) is 23.5. The number of halogens is 3. The van der Waals surface area contributed by atoms with Crippen LogP contribution in [0.3, 0.4) is 0 Å². The van der Waals surface area contributed by atoms with Crippen molar-refractivity contribution in [3.8, 4) is 11.6 Å². The molecule has 36 heavy (non-hydrogen) atoms. The van der Waals surface area contributed by atoms with E-state index in [9.17, 15) is 9.59 Å². The molecule has 198 valence electrons. The molecule has 8 nitrogen and oxygen atoms in total. The summed E-state index contributed by atoms with van der Waals surface area (Å²) in [5.41, 5.74) is 1.52. The Morgan fingerprint density at radius 3 is 2.61 bits per heavy atom. The number of hydrogen-bond acceptors (Lipinski definition) is 6. The average molecular weight is 559 g/mol. The number of piperazine rings is 1. The predicted molar refractivity (Wildman–Crippen MR) is 147 cm³/mol. The number of pyridine rings is 1. The fourth-order valence-electron chi connectivity index (χ4n) is 4.62. The first-order valence-electron chi connectivity index (χ1n) is 11.5. The van der Waals surface area contributed by atoms with Crippen molar-refractivity contribution in [3.05, 3.63) is 47.1 Å². The van der Waals surface area contributed by atoms with E-state index in [2.05, 4.69) is 31.1 Å². The second-order valence-corrected chi connectivity index (χ2v) is 10.3. The van der Waals surface area contributed by atoms with E-state index in [1.54, 1.807) is 48.3 Å². The van der Waals surface area contributed by atoms with Crippen LogP contribution in [0.15, 0.2) is 36.5 Å². The van der Waals surface area contributed by atoms with Crippen molar-refractivity contribution < 1.29 is 14.3 Å². The molecule has 4 rings (SSSR count). The van der Waals surface area contributed by atoms with Crippen molar-refractivity contribution in [2.75, 3.05) is 45.2 Å². The molecule has 2 aliphatic rings. The third-order valence-corrected chi connectivity index (χ3v) is 6.77. The number of benzene rings is 1. The Hall–Kier alpha value is -2.10. The lowest BCUT2D eigenvalue weighted by atomic mass is 9.88. The smallest absolute Gasteiger partial charge is 0.241 e. The summed E-state index contributed by atoms with van der Waals surface area (Å²) in [7, 11) is 3.49. The lowest BCUT2D eigenvalue weighted by molar-refractivity contribution is -0.136. The zero-order chi connectivity index (χ0) is 24.6. The van der Waals surface area contributed by atoms with E-state index in [1.807, 2.05) is 17.0 Å². The molecular formula is C25H34Cl3N5O3. The molecule has 1 aromatic carbocycles. The van der Waals surface area contributed by atoms with Crippen molar-refractivity contribution in [2.24, 2.45) is 0 Å². The maximum absolute atomic E-state index is 13.6. The molecule has 0 aliphatic carbocycles. The quantitative estimate of drug-likeness (QED) is 0.602. The fraction of sp³-hybridized carbons (Fsp3) is 0.480. The molecule has 0 bridgehead atoms. The van der Waals surface area contributed by atoms with E-state index >= 15 is 0 Å². The highest BCUT2D eigenvalue weighted by Gasteiger charge is 2.41. The molecule has 11 heteroatoms. The van der Waals surface area contributed by atoms with E-state index in [0.717, 1.165) is 11.3 Å². The van der Waals surface area contributed by atoms with Gasteiger partial charge >= 0.3 is 0 Å². The standard InChI is InChI=1S/C25H32ClN5O3.2ClH/c1-16-13-30(20(12-27-16)24(33)29(4)5)14-23(32)31-15-25(2,3)17-11-28-22(10-19(17)31)34-21-9-7-6-8-18(21)26;;/h6-11,16,20,27H,12-15H2,1-5H3;2*1H/t16-,20-;;/m1../s1. The summed E-state index contributed by atoms with van der Waals surface area (Å²) < 4.78 is 5.92. The number of carbonyl (C=O) groups is 2. The normalized spacial score (nSPS) is 20.6. The van der Waals surface area contributed by atoms with Crippen LogP contribution in [0.1, 0.15) is 26.3 Å². The summed E-state index contributed by atoms with van der Waals surface area (Å²) in [5.74, 6) is 0.826. The van der Waals surface area contributed by atoms with Crippen LogP contribution in [0.2, 0.25) is 5.02 Å². The van der Waals surface area contributed by atoms with Crippen LogP contribution in [0.4, 0.5) is 5.69 Å². The maximum Gasteiger partial charge on any atom is 0.241 e. The molecule has 2 aromatic rings. The summed E-state index contributed by atoms with van der Waals surface area (Å²) in [6.45, 7) is 8.10. The van der Waals surface area contributed by atoms with Crippen LogP contribution in [-0.2, 0) is 15.0 Å². The molecule has 3 heterocycles. The van der Waals surface area contributed by atoms with Gasteiger partial charge in [0, 0.05) is 63.0 Å². The second kappa shape index (κ2) is 12.0. The Kier molecular flexibility index (Phi) is 10.0. The monoisotopic (exact) mass is 557 g/mol. The van der Waals surface area contributed by atoms with Crippen molar-refractivity contribution >= 4 is 53.9 Å². The highest BCUT2D eigenvalue weighted by Crippen LogP contribution is 2.42. The van der Waals surface area contributed by atoms with Gasteiger partial charge < -0.3 is 19.9 Å². The summed E-state index contributed by atoms with van der Waals surface area (Å²) in [6.07, 6.45) is 1.78. The third-order valence-electron chi connectivity index (χ3n) is 6.46. The van der Waals surface area contributed by atoms with Gasteiger partial charge in [-0.1, -0.05) is 37.6 Å². The first-order chi connectivity index (χ1) is 16.1. The minimum absolute atomic E-state index is 0. The lowest BCUT2D eigenvalue weighted by Crippen LogP contribution is -2.62. The number of ether oxygens (including phenoxy) is 1. The van der Waals surface area contributed by atoms with E-state index in [-0.39, 0.29) is 60.7 Å².